The van der Waals surface area contributed by atoms with Gasteiger partial charge in [0.25, 0.3) is 5.91 Å². The van der Waals surface area contributed by atoms with Crippen LogP contribution in [0, 0.1) is 0 Å². The highest BCUT2D eigenvalue weighted by Crippen LogP contribution is 2.02. The summed E-state index contributed by atoms with van der Waals surface area (Å²) in [6.45, 7) is 2.65. The van der Waals surface area contributed by atoms with Crippen molar-refractivity contribution in [2.45, 2.75) is 26.2 Å². The lowest BCUT2D eigenvalue weighted by molar-refractivity contribution is 0.0949. The molecular weight excluding hydrogens is 240 g/mol. The summed E-state index contributed by atoms with van der Waals surface area (Å²) in [7, 11) is 0. The zero-order chi connectivity index (χ0) is 13.5. The maximum absolute atomic E-state index is 11.8. The van der Waals surface area contributed by atoms with E-state index >= 15 is 0 Å². The van der Waals surface area contributed by atoms with Gasteiger partial charge >= 0.3 is 0 Å². The summed E-state index contributed by atoms with van der Waals surface area (Å²) in [4.78, 5) is 16.0. The molecule has 0 aliphatic heterocycles. The average molecular weight is 258 g/mol. The molecule has 0 saturated carbocycles. The van der Waals surface area contributed by atoms with Gasteiger partial charge < -0.3 is 5.32 Å². The summed E-state index contributed by atoms with van der Waals surface area (Å²) in [5.74, 6) is -0.144. The molecule has 0 atom stereocenters. The molecule has 1 amide bonds. The Morgan fingerprint density at radius 1 is 1.37 bits per heavy atom. The first-order valence-corrected chi connectivity index (χ1v) is 6.52. The second-order valence-corrected chi connectivity index (χ2v) is 4.36. The minimum atomic E-state index is -0.144. The predicted molar refractivity (Wildman–Crippen MR) is 72.9 cm³/mol. The van der Waals surface area contributed by atoms with E-state index in [1.165, 1.54) is 0 Å². The number of aromatic amines is 1. The van der Waals surface area contributed by atoms with E-state index in [1.807, 2.05) is 18.2 Å². The Morgan fingerprint density at radius 3 is 3.00 bits per heavy atom. The highest BCUT2D eigenvalue weighted by atomic mass is 16.1. The van der Waals surface area contributed by atoms with E-state index in [-0.39, 0.29) is 5.91 Å². The van der Waals surface area contributed by atoms with E-state index in [4.69, 9.17) is 0 Å². The fourth-order valence-electron chi connectivity index (χ4n) is 1.82. The number of rotatable bonds is 6. The molecule has 0 aliphatic carbocycles. The lowest BCUT2D eigenvalue weighted by atomic mass is 10.2. The Hall–Kier alpha value is -2.17. The number of hydrogen-bond donors (Lipinski definition) is 2. The number of pyridine rings is 1. The fourth-order valence-corrected chi connectivity index (χ4v) is 1.82. The number of carbonyl (C=O) groups is 1. The smallest absolute Gasteiger partial charge is 0.271 e. The molecule has 2 aromatic heterocycles. The number of hydrogen-bond acceptors (Lipinski definition) is 3. The molecule has 5 nitrogen and oxygen atoms in total. The number of amides is 1. The third-order valence-corrected chi connectivity index (χ3v) is 2.78. The predicted octanol–water partition coefficient (Wildman–Crippen LogP) is 1.73. The van der Waals surface area contributed by atoms with Gasteiger partial charge in [-0.1, -0.05) is 19.4 Å². The van der Waals surface area contributed by atoms with Gasteiger partial charge in [-0.15, -0.1) is 0 Å². The Bertz CT molecular complexity index is 521. The van der Waals surface area contributed by atoms with Crippen LogP contribution in [0.15, 0.2) is 30.5 Å². The molecule has 2 aromatic rings. The highest BCUT2D eigenvalue weighted by molar-refractivity contribution is 5.92. The second kappa shape index (κ2) is 6.68. The van der Waals surface area contributed by atoms with E-state index in [0.717, 1.165) is 30.7 Å². The third kappa shape index (κ3) is 3.91. The van der Waals surface area contributed by atoms with Crippen molar-refractivity contribution in [2.75, 3.05) is 6.54 Å². The molecule has 0 fully saturated rings. The number of H-pyrrole nitrogens is 1. The molecule has 0 aliphatic rings. The van der Waals surface area contributed by atoms with Crippen molar-refractivity contribution in [3.63, 3.8) is 0 Å². The Morgan fingerprint density at radius 2 is 2.26 bits per heavy atom. The SMILES string of the molecule is CCCc1cc(C(=O)NCCc2ccccn2)n[nH]1. The molecule has 0 aromatic carbocycles. The average Bonchev–Trinajstić information content (AvgIpc) is 2.89. The lowest BCUT2D eigenvalue weighted by Crippen LogP contribution is -2.26. The molecule has 2 heterocycles. The third-order valence-electron chi connectivity index (χ3n) is 2.78. The van der Waals surface area contributed by atoms with Gasteiger partial charge in [0.15, 0.2) is 0 Å². The van der Waals surface area contributed by atoms with Crippen LogP contribution < -0.4 is 5.32 Å². The molecule has 5 heteroatoms. The Balaban J connectivity index is 1.80. The largest absolute Gasteiger partial charge is 0.350 e. The minimum absolute atomic E-state index is 0.144. The molecule has 100 valence electrons. The van der Waals surface area contributed by atoms with E-state index in [1.54, 1.807) is 12.3 Å². The standard InChI is InChI=1S/C14H18N4O/c1-2-5-12-10-13(18-17-12)14(19)16-9-7-11-6-3-4-8-15-11/h3-4,6,8,10H,2,5,7,9H2,1H3,(H,16,19)(H,17,18). The molecule has 0 radical (unpaired) electrons. The number of nitrogens with one attached hydrogen (secondary N) is 2. The maximum atomic E-state index is 11.8. The quantitative estimate of drug-likeness (QED) is 0.829. The van der Waals surface area contributed by atoms with Crippen LogP contribution in [0.1, 0.15) is 35.2 Å². The molecule has 0 saturated heterocycles. The van der Waals surface area contributed by atoms with Crippen LogP contribution in [0.25, 0.3) is 0 Å². The molecule has 0 bridgehead atoms. The summed E-state index contributed by atoms with van der Waals surface area (Å²) < 4.78 is 0. The van der Waals surface area contributed by atoms with Crippen LogP contribution in [-0.2, 0) is 12.8 Å². The number of nitrogens with zero attached hydrogens (tertiary/aromatic N) is 2. The zero-order valence-corrected chi connectivity index (χ0v) is 11.0. The van der Waals surface area contributed by atoms with Crippen LogP contribution >= 0.6 is 0 Å². The van der Waals surface area contributed by atoms with Gasteiger partial charge in [0, 0.05) is 30.6 Å². The summed E-state index contributed by atoms with van der Waals surface area (Å²) in [5, 5.41) is 9.72. The van der Waals surface area contributed by atoms with Gasteiger partial charge in [-0.05, 0) is 24.6 Å². The van der Waals surface area contributed by atoms with Gasteiger partial charge in [-0.25, -0.2) is 0 Å². The Labute approximate surface area is 112 Å². The summed E-state index contributed by atoms with van der Waals surface area (Å²) in [6.07, 6.45) is 4.41. The Kier molecular flexibility index (Phi) is 4.66. The first-order valence-electron chi connectivity index (χ1n) is 6.52. The molecule has 2 rings (SSSR count). The topological polar surface area (TPSA) is 70.7 Å². The van der Waals surface area contributed by atoms with Crippen LogP contribution in [-0.4, -0.2) is 27.6 Å². The molecule has 19 heavy (non-hydrogen) atoms. The second-order valence-electron chi connectivity index (χ2n) is 4.36. The highest BCUT2D eigenvalue weighted by Gasteiger charge is 2.09. The van der Waals surface area contributed by atoms with Crippen LogP contribution in [0.2, 0.25) is 0 Å². The monoisotopic (exact) mass is 258 g/mol. The molecular formula is C14H18N4O. The van der Waals surface area contributed by atoms with Crippen molar-refractivity contribution in [3.8, 4) is 0 Å². The van der Waals surface area contributed by atoms with Gasteiger partial charge in [0.2, 0.25) is 0 Å². The first kappa shape index (κ1) is 13.3. The van der Waals surface area contributed by atoms with Crippen LogP contribution in [0.4, 0.5) is 0 Å². The van der Waals surface area contributed by atoms with Gasteiger partial charge in [-0.2, -0.15) is 5.10 Å². The van der Waals surface area contributed by atoms with Gasteiger partial charge in [-0.3, -0.25) is 14.9 Å². The van der Waals surface area contributed by atoms with Crippen LogP contribution in [0.5, 0.6) is 0 Å². The van der Waals surface area contributed by atoms with Crippen molar-refractivity contribution >= 4 is 5.91 Å². The summed E-state index contributed by atoms with van der Waals surface area (Å²) in [6, 6.07) is 7.57. The van der Waals surface area contributed by atoms with Gasteiger partial charge in [0.1, 0.15) is 5.69 Å². The van der Waals surface area contributed by atoms with Crippen molar-refractivity contribution in [2.24, 2.45) is 0 Å². The lowest BCUT2D eigenvalue weighted by Gasteiger charge is -2.02. The first-order chi connectivity index (χ1) is 9.29. The zero-order valence-electron chi connectivity index (χ0n) is 11.0. The summed E-state index contributed by atoms with van der Waals surface area (Å²) >= 11 is 0. The number of aryl methyl sites for hydroxylation is 1. The van der Waals surface area contributed by atoms with Crippen LogP contribution in [0.3, 0.4) is 0 Å². The minimum Gasteiger partial charge on any atom is -0.350 e. The fraction of sp³-hybridized carbons (Fsp3) is 0.357. The normalized spacial score (nSPS) is 10.4. The van der Waals surface area contributed by atoms with E-state index in [0.29, 0.717) is 12.2 Å². The van der Waals surface area contributed by atoms with Crippen molar-refractivity contribution < 1.29 is 4.79 Å². The number of carbonyl (C=O) groups excluding carboxylic acids is 1. The van der Waals surface area contributed by atoms with Crippen molar-refractivity contribution in [3.05, 3.63) is 47.5 Å². The number of aromatic nitrogens is 3. The van der Waals surface area contributed by atoms with Crippen molar-refractivity contribution in [1.82, 2.24) is 20.5 Å². The summed E-state index contributed by atoms with van der Waals surface area (Å²) in [5.41, 5.74) is 2.42. The maximum Gasteiger partial charge on any atom is 0.271 e. The molecule has 2 N–H and O–H groups in total. The van der Waals surface area contributed by atoms with Gasteiger partial charge in [0.05, 0.1) is 0 Å². The van der Waals surface area contributed by atoms with E-state index < -0.39 is 0 Å². The molecule has 0 spiro atoms. The van der Waals surface area contributed by atoms with E-state index in [9.17, 15) is 4.79 Å². The van der Waals surface area contributed by atoms with Crippen molar-refractivity contribution in [1.29, 1.82) is 0 Å². The molecule has 0 unspecified atom stereocenters. The van der Waals surface area contributed by atoms with E-state index in [2.05, 4.69) is 27.4 Å².